The number of amides is 1. The van der Waals surface area contributed by atoms with Gasteiger partial charge < -0.3 is 20.4 Å². The second-order valence-corrected chi connectivity index (χ2v) is 7.24. The standard InChI is InChI=1S/C24H30N4O2/c1-4-25-24(27-15-8-14-26-23(29)22-17(2)13-16-30-22)28-18(3)20-12-7-10-19-9-5-6-11-21(19)20/h5-7,9-13,16,18H,4,8,14-15H2,1-3H3,(H,26,29)(H2,25,27,28). The zero-order chi connectivity index (χ0) is 21.3. The summed E-state index contributed by atoms with van der Waals surface area (Å²) in [6, 6.07) is 16.7. The number of fused-ring (bicyclic) bond motifs is 1. The Morgan fingerprint density at radius 1 is 1.10 bits per heavy atom. The van der Waals surface area contributed by atoms with Crippen molar-refractivity contribution in [3.8, 4) is 0 Å². The molecule has 1 aromatic heterocycles. The van der Waals surface area contributed by atoms with E-state index >= 15 is 0 Å². The number of aryl methyl sites for hydroxylation is 1. The van der Waals surface area contributed by atoms with Crippen LogP contribution in [0.2, 0.25) is 0 Å². The topological polar surface area (TPSA) is 78.7 Å². The van der Waals surface area contributed by atoms with E-state index in [9.17, 15) is 4.79 Å². The van der Waals surface area contributed by atoms with Crippen molar-refractivity contribution in [3.63, 3.8) is 0 Å². The molecule has 2 aromatic carbocycles. The number of benzene rings is 2. The molecule has 0 fully saturated rings. The second kappa shape index (κ2) is 10.5. The maximum absolute atomic E-state index is 12.1. The van der Waals surface area contributed by atoms with Crippen LogP contribution in [0.1, 0.15) is 48.0 Å². The van der Waals surface area contributed by atoms with Crippen molar-refractivity contribution in [1.29, 1.82) is 0 Å². The normalized spacial score (nSPS) is 12.6. The van der Waals surface area contributed by atoms with E-state index < -0.39 is 0 Å². The summed E-state index contributed by atoms with van der Waals surface area (Å²) in [6.45, 7) is 7.97. The molecule has 0 saturated carbocycles. The predicted octanol–water partition coefficient (Wildman–Crippen LogP) is 4.18. The Hall–Kier alpha value is -3.28. The van der Waals surface area contributed by atoms with Gasteiger partial charge in [0.05, 0.1) is 12.3 Å². The first-order valence-corrected chi connectivity index (χ1v) is 10.4. The Morgan fingerprint density at radius 3 is 2.67 bits per heavy atom. The summed E-state index contributed by atoms with van der Waals surface area (Å²) >= 11 is 0. The van der Waals surface area contributed by atoms with Gasteiger partial charge in [-0.1, -0.05) is 42.5 Å². The Bertz CT molecular complexity index is 1000. The Balaban J connectivity index is 1.55. The number of aliphatic imine (C=N–C) groups is 1. The predicted molar refractivity (Wildman–Crippen MR) is 122 cm³/mol. The molecule has 6 nitrogen and oxygen atoms in total. The van der Waals surface area contributed by atoms with E-state index in [1.54, 1.807) is 6.07 Å². The maximum Gasteiger partial charge on any atom is 0.287 e. The number of hydrogen-bond acceptors (Lipinski definition) is 3. The highest BCUT2D eigenvalue weighted by Gasteiger charge is 2.12. The van der Waals surface area contributed by atoms with E-state index in [0.29, 0.717) is 18.8 Å². The van der Waals surface area contributed by atoms with Gasteiger partial charge >= 0.3 is 0 Å². The van der Waals surface area contributed by atoms with Gasteiger partial charge in [0.25, 0.3) is 5.91 Å². The minimum absolute atomic E-state index is 0.107. The van der Waals surface area contributed by atoms with Crippen LogP contribution in [0.5, 0.6) is 0 Å². The van der Waals surface area contributed by atoms with Crippen LogP contribution in [-0.2, 0) is 0 Å². The van der Waals surface area contributed by atoms with Crippen LogP contribution in [0.25, 0.3) is 10.8 Å². The van der Waals surface area contributed by atoms with Gasteiger partial charge in [-0.3, -0.25) is 9.79 Å². The molecular formula is C24H30N4O2. The molecule has 0 aliphatic carbocycles. The van der Waals surface area contributed by atoms with Gasteiger partial charge in [0.1, 0.15) is 0 Å². The summed E-state index contributed by atoms with van der Waals surface area (Å²) in [4.78, 5) is 16.7. The van der Waals surface area contributed by atoms with E-state index in [2.05, 4.69) is 70.3 Å². The summed E-state index contributed by atoms with van der Waals surface area (Å²) in [7, 11) is 0. The van der Waals surface area contributed by atoms with Crippen LogP contribution < -0.4 is 16.0 Å². The van der Waals surface area contributed by atoms with Crippen LogP contribution in [0.15, 0.2) is 64.2 Å². The fourth-order valence-corrected chi connectivity index (χ4v) is 3.39. The van der Waals surface area contributed by atoms with Gasteiger partial charge in [-0.25, -0.2) is 0 Å². The second-order valence-electron chi connectivity index (χ2n) is 7.24. The largest absolute Gasteiger partial charge is 0.459 e. The van der Waals surface area contributed by atoms with Gasteiger partial charge in [-0.2, -0.15) is 0 Å². The number of carbonyl (C=O) groups excluding carboxylic acids is 1. The molecule has 0 aliphatic heterocycles. The van der Waals surface area contributed by atoms with Crippen molar-refractivity contribution >= 4 is 22.6 Å². The van der Waals surface area contributed by atoms with E-state index in [-0.39, 0.29) is 11.9 Å². The Labute approximate surface area is 177 Å². The molecule has 3 N–H and O–H groups in total. The fourth-order valence-electron chi connectivity index (χ4n) is 3.39. The molecule has 1 amide bonds. The Kier molecular flexibility index (Phi) is 7.49. The molecule has 6 heteroatoms. The van der Waals surface area contributed by atoms with Gasteiger partial charge in [-0.15, -0.1) is 0 Å². The number of furan rings is 1. The Morgan fingerprint density at radius 2 is 1.90 bits per heavy atom. The SMILES string of the molecule is CCNC(=NCCCNC(=O)c1occc1C)NC(C)c1cccc2ccccc12. The third-order valence-electron chi connectivity index (χ3n) is 4.95. The number of nitrogens with one attached hydrogen (secondary N) is 3. The lowest BCUT2D eigenvalue weighted by Gasteiger charge is -2.20. The molecule has 3 aromatic rings. The summed E-state index contributed by atoms with van der Waals surface area (Å²) in [5, 5.41) is 12.1. The van der Waals surface area contributed by atoms with Crippen molar-refractivity contribution in [2.45, 2.75) is 33.2 Å². The van der Waals surface area contributed by atoms with Gasteiger partial charge in [0.2, 0.25) is 0 Å². The molecule has 0 radical (unpaired) electrons. The molecule has 3 rings (SSSR count). The van der Waals surface area contributed by atoms with Crippen molar-refractivity contribution < 1.29 is 9.21 Å². The minimum Gasteiger partial charge on any atom is -0.459 e. The zero-order valence-electron chi connectivity index (χ0n) is 17.9. The molecule has 0 bridgehead atoms. The lowest BCUT2D eigenvalue weighted by Crippen LogP contribution is -2.39. The van der Waals surface area contributed by atoms with Gasteiger partial charge in [0.15, 0.2) is 11.7 Å². The molecule has 0 saturated heterocycles. The third-order valence-corrected chi connectivity index (χ3v) is 4.95. The van der Waals surface area contributed by atoms with Crippen molar-refractivity contribution in [3.05, 3.63) is 71.7 Å². The van der Waals surface area contributed by atoms with Crippen LogP contribution in [0.4, 0.5) is 0 Å². The van der Waals surface area contributed by atoms with E-state index in [1.165, 1.54) is 22.6 Å². The zero-order valence-corrected chi connectivity index (χ0v) is 17.9. The van der Waals surface area contributed by atoms with Crippen LogP contribution in [-0.4, -0.2) is 31.5 Å². The molecule has 158 valence electrons. The van der Waals surface area contributed by atoms with Crippen molar-refractivity contribution in [2.24, 2.45) is 4.99 Å². The molecular weight excluding hydrogens is 376 g/mol. The van der Waals surface area contributed by atoms with E-state index in [0.717, 1.165) is 24.5 Å². The maximum atomic E-state index is 12.1. The number of nitrogens with zero attached hydrogens (tertiary/aromatic N) is 1. The summed E-state index contributed by atoms with van der Waals surface area (Å²) in [5.74, 6) is 0.958. The average Bonchev–Trinajstić information content (AvgIpc) is 3.19. The molecule has 0 spiro atoms. The number of carbonyl (C=O) groups is 1. The van der Waals surface area contributed by atoms with Crippen LogP contribution in [0.3, 0.4) is 0 Å². The third kappa shape index (κ3) is 5.41. The lowest BCUT2D eigenvalue weighted by atomic mass is 10.00. The van der Waals surface area contributed by atoms with Crippen molar-refractivity contribution in [2.75, 3.05) is 19.6 Å². The average molecular weight is 407 g/mol. The monoisotopic (exact) mass is 406 g/mol. The highest BCUT2D eigenvalue weighted by molar-refractivity contribution is 5.92. The van der Waals surface area contributed by atoms with E-state index in [1.807, 2.05) is 13.8 Å². The smallest absolute Gasteiger partial charge is 0.287 e. The minimum atomic E-state index is -0.184. The molecule has 1 heterocycles. The van der Waals surface area contributed by atoms with Crippen LogP contribution in [0, 0.1) is 6.92 Å². The molecule has 0 aliphatic rings. The summed E-state index contributed by atoms with van der Waals surface area (Å²) in [5.41, 5.74) is 2.08. The molecule has 1 atom stereocenters. The van der Waals surface area contributed by atoms with Gasteiger partial charge in [0, 0.05) is 25.2 Å². The highest BCUT2D eigenvalue weighted by Crippen LogP contribution is 2.23. The van der Waals surface area contributed by atoms with Crippen LogP contribution >= 0.6 is 0 Å². The fraction of sp³-hybridized carbons (Fsp3) is 0.333. The molecule has 30 heavy (non-hydrogen) atoms. The molecule has 1 unspecified atom stereocenters. The quantitative estimate of drug-likeness (QED) is 0.298. The lowest BCUT2D eigenvalue weighted by molar-refractivity contribution is 0.0925. The first-order chi connectivity index (χ1) is 14.6. The number of hydrogen-bond donors (Lipinski definition) is 3. The van der Waals surface area contributed by atoms with Crippen molar-refractivity contribution in [1.82, 2.24) is 16.0 Å². The highest BCUT2D eigenvalue weighted by atomic mass is 16.3. The number of guanidine groups is 1. The first kappa shape index (κ1) is 21.4. The first-order valence-electron chi connectivity index (χ1n) is 10.4. The summed E-state index contributed by atoms with van der Waals surface area (Å²) in [6.07, 6.45) is 2.27. The summed E-state index contributed by atoms with van der Waals surface area (Å²) < 4.78 is 5.21. The van der Waals surface area contributed by atoms with Gasteiger partial charge in [-0.05, 0) is 49.6 Å². The van der Waals surface area contributed by atoms with E-state index in [4.69, 9.17) is 4.42 Å². The number of rotatable bonds is 8.